The number of nitrogens with one attached hydrogen (secondary N) is 1. The minimum atomic E-state index is -3.90. The SMILES string of the molecule is CCN1CCN(c2nc(-c3ccc(S(=O)(=O)C4CNCCS4(O)O)cc3)cc3ccccc23)CC1.Cl. The normalized spacial score (nSPS) is 21.6. The maximum Gasteiger partial charge on any atom is 0.200 e. The van der Waals surface area contributed by atoms with Gasteiger partial charge < -0.3 is 15.1 Å². The smallest absolute Gasteiger partial charge is 0.200 e. The van der Waals surface area contributed by atoms with Crippen LogP contribution >= 0.6 is 23.0 Å². The number of hydrogen-bond acceptors (Lipinski definition) is 8. The third-order valence-corrected chi connectivity index (χ3v) is 12.3. The third kappa shape index (κ3) is 5.22. The van der Waals surface area contributed by atoms with Crippen molar-refractivity contribution >= 4 is 49.4 Å². The summed E-state index contributed by atoms with van der Waals surface area (Å²) < 4.78 is 45.8. The first-order valence-electron chi connectivity index (χ1n) is 12.0. The lowest BCUT2D eigenvalue weighted by atomic mass is 10.1. The highest BCUT2D eigenvalue weighted by atomic mass is 35.5. The van der Waals surface area contributed by atoms with Crippen molar-refractivity contribution in [3.05, 3.63) is 54.6 Å². The van der Waals surface area contributed by atoms with Crippen LogP contribution in [0.4, 0.5) is 5.82 Å². The fraction of sp³-hybridized carbons (Fsp3) is 0.400. The fourth-order valence-corrected chi connectivity index (χ4v) is 9.33. The Morgan fingerprint density at radius 1 is 1.06 bits per heavy atom. The molecule has 0 saturated carbocycles. The Labute approximate surface area is 220 Å². The van der Waals surface area contributed by atoms with Gasteiger partial charge in [-0.25, -0.2) is 13.4 Å². The van der Waals surface area contributed by atoms with Crippen molar-refractivity contribution < 1.29 is 17.5 Å². The molecule has 1 unspecified atom stereocenters. The zero-order valence-electron chi connectivity index (χ0n) is 20.2. The van der Waals surface area contributed by atoms with Crippen molar-refractivity contribution in [2.24, 2.45) is 0 Å². The second-order valence-electron chi connectivity index (χ2n) is 9.10. The van der Waals surface area contributed by atoms with Gasteiger partial charge in [0, 0.05) is 50.2 Å². The summed E-state index contributed by atoms with van der Waals surface area (Å²) in [7, 11) is -7.11. The fourth-order valence-electron chi connectivity index (χ4n) is 4.83. The molecule has 8 nitrogen and oxygen atoms in total. The number of nitrogens with zero attached hydrogens (tertiary/aromatic N) is 3. The van der Waals surface area contributed by atoms with Crippen LogP contribution in [0.1, 0.15) is 6.92 Å². The Kier molecular flexibility index (Phi) is 8.16. The zero-order valence-corrected chi connectivity index (χ0v) is 22.7. The van der Waals surface area contributed by atoms with E-state index in [-0.39, 0.29) is 29.6 Å². The van der Waals surface area contributed by atoms with Crippen LogP contribution in [0.2, 0.25) is 0 Å². The number of hydrogen-bond donors (Lipinski definition) is 3. The van der Waals surface area contributed by atoms with Crippen LogP contribution in [0, 0.1) is 0 Å². The molecule has 5 rings (SSSR count). The summed E-state index contributed by atoms with van der Waals surface area (Å²) in [6.07, 6.45) is 0. The predicted octanol–water partition coefficient (Wildman–Crippen LogP) is 3.92. The number of anilines is 1. The van der Waals surface area contributed by atoms with Crippen LogP contribution in [0.5, 0.6) is 0 Å². The molecule has 0 spiro atoms. The number of likely N-dealkylation sites (N-methyl/N-ethyl adjacent to an activating group) is 1. The topological polar surface area (TPSA) is 106 Å². The first-order chi connectivity index (χ1) is 16.8. The van der Waals surface area contributed by atoms with Gasteiger partial charge in [0.15, 0.2) is 14.4 Å². The maximum absolute atomic E-state index is 13.2. The second-order valence-corrected chi connectivity index (χ2v) is 13.9. The van der Waals surface area contributed by atoms with Crippen molar-refractivity contribution in [1.82, 2.24) is 15.2 Å². The first-order valence-corrected chi connectivity index (χ1v) is 15.3. The quantitative estimate of drug-likeness (QED) is 0.437. The first kappa shape index (κ1) is 27.1. The molecule has 0 bridgehead atoms. The van der Waals surface area contributed by atoms with Gasteiger partial charge in [-0.1, -0.05) is 43.3 Å². The molecule has 3 N–H and O–H groups in total. The molecule has 2 fully saturated rings. The Hall–Kier alpha value is -1.92. The van der Waals surface area contributed by atoms with Gasteiger partial charge >= 0.3 is 0 Å². The molecule has 2 saturated heterocycles. The number of sulfone groups is 1. The Morgan fingerprint density at radius 3 is 2.42 bits per heavy atom. The zero-order chi connectivity index (χ0) is 24.6. The van der Waals surface area contributed by atoms with Crippen molar-refractivity contribution in [3.63, 3.8) is 0 Å². The number of piperazine rings is 1. The van der Waals surface area contributed by atoms with Crippen LogP contribution in [0.15, 0.2) is 59.5 Å². The Morgan fingerprint density at radius 2 is 1.75 bits per heavy atom. The molecule has 196 valence electrons. The van der Waals surface area contributed by atoms with E-state index in [9.17, 15) is 17.5 Å². The number of halogens is 1. The molecule has 0 aliphatic carbocycles. The van der Waals surface area contributed by atoms with Crippen LogP contribution in [0.25, 0.3) is 22.0 Å². The monoisotopic (exact) mass is 552 g/mol. The van der Waals surface area contributed by atoms with E-state index in [0.717, 1.165) is 60.6 Å². The molecule has 11 heteroatoms. The van der Waals surface area contributed by atoms with Gasteiger partial charge in [-0.3, -0.25) is 9.11 Å². The van der Waals surface area contributed by atoms with Crippen LogP contribution < -0.4 is 10.2 Å². The number of pyridine rings is 1. The lowest BCUT2D eigenvalue weighted by molar-refractivity contribution is 0.271. The summed E-state index contributed by atoms with van der Waals surface area (Å²) in [6.45, 7) is 7.48. The molecule has 2 aromatic carbocycles. The molecule has 0 amide bonds. The lowest BCUT2D eigenvalue weighted by Crippen LogP contribution is -2.46. The summed E-state index contributed by atoms with van der Waals surface area (Å²) in [6, 6.07) is 16.8. The molecule has 2 aliphatic rings. The van der Waals surface area contributed by atoms with Gasteiger partial charge in [-0.05, 0) is 30.1 Å². The standard InChI is InChI=1S/C25H32N4O4S2.ClH/c1-2-28-12-14-29(15-13-28)25-22-6-4-3-5-20(22)17-23(27-25)19-7-9-21(10-8-19)35(32,33)24-18-26-11-16-34(24,30)31;/h3-10,17,24,26,30-31H,2,11-16,18H2,1H3;1H. The van der Waals surface area contributed by atoms with Gasteiger partial charge in [-0.2, -0.15) is 10.6 Å². The molecule has 1 aromatic heterocycles. The van der Waals surface area contributed by atoms with Gasteiger partial charge in [0.1, 0.15) is 5.82 Å². The second kappa shape index (κ2) is 10.8. The van der Waals surface area contributed by atoms with Gasteiger partial charge in [0.25, 0.3) is 0 Å². The Bertz CT molecular complexity index is 1310. The number of rotatable bonds is 5. The van der Waals surface area contributed by atoms with Crippen molar-refractivity contribution in [1.29, 1.82) is 0 Å². The summed E-state index contributed by atoms with van der Waals surface area (Å²) in [5.41, 5.74) is 1.60. The number of aromatic nitrogens is 1. The van der Waals surface area contributed by atoms with Crippen LogP contribution in [-0.4, -0.2) is 83.6 Å². The highest BCUT2D eigenvalue weighted by Crippen LogP contribution is 2.49. The van der Waals surface area contributed by atoms with E-state index in [1.165, 1.54) is 0 Å². The van der Waals surface area contributed by atoms with E-state index >= 15 is 0 Å². The summed E-state index contributed by atoms with van der Waals surface area (Å²) in [5.74, 6) is 0.999. The van der Waals surface area contributed by atoms with Gasteiger partial charge in [-0.15, -0.1) is 12.4 Å². The molecular formula is C25H33ClN4O4S2. The van der Waals surface area contributed by atoms with Crippen molar-refractivity contribution in [2.45, 2.75) is 16.4 Å². The average Bonchev–Trinajstić information content (AvgIpc) is 2.88. The van der Waals surface area contributed by atoms with Crippen LogP contribution in [0.3, 0.4) is 0 Å². The highest BCUT2D eigenvalue weighted by molar-refractivity contribution is 8.31. The largest absolute Gasteiger partial charge is 0.354 e. The Balaban J connectivity index is 0.00000304. The molecule has 0 radical (unpaired) electrons. The van der Waals surface area contributed by atoms with E-state index in [0.29, 0.717) is 6.54 Å². The minimum Gasteiger partial charge on any atom is -0.354 e. The van der Waals surface area contributed by atoms with Gasteiger partial charge in [0.05, 0.1) is 16.3 Å². The molecule has 1 atom stereocenters. The highest BCUT2D eigenvalue weighted by Gasteiger charge is 2.40. The molecular weight excluding hydrogens is 520 g/mol. The number of fused-ring (bicyclic) bond motifs is 1. The van der Waals surface area contributed by atoms with Gasteiger partial charge in [0.2, 0.25) is 0 Å². The van der Waals surface area contributed by atoms with E-state index in [4.69, 9.17) is 4.98 Å². The van der Waals surface area contributed by atoms with E-state index in [1.54, 1.807) is 24.3 Å². The average molecular weight is 553 g/mol. The van der Waals surface area contributed by atoms with E-state index < -0.39 is 25.0 Å². The predicted molar refractivity (Wildman–Crippen MR) is 150 cm³/mol. The molecule has 2 aliphatic heterocycles. The van der Waals surface area contributed by atoms with E-state index in [2.05, 4.69) is 34.2 Å². The summed E-state index contributed by atoms with van der Waals surface area (Å²) in [5, 5.41) is 5.16. The molecule has 3 aromatic rings. The van der Waals surface area contributed by atoms with Crippen molar-refractivity contribution in [2.75, 3.05) is 56.5 Å². The third-order valence-electron chi connectivity index (χ3n) is 6.98. The minimum absolute atomic E-state index is 0. The summed E-state index contributed by atoms with van der Waals surface area (Å²) in [4.78, 5) is 9.87. The van der Waals surface area contributed by atoms with Crippen molar-refractivity contribution in [3.8, 4) is 11.3 Å². The lowest BCUT2D eigenvalue weighted by Gasteiger charge is -2.42. The maximum atomic E-state index is 13.2. The molecule has 36 heavy (non-hydrogen) atoms. The summed E-state index contributed by atoms with van der Waals surface area (Å²) >= 11 is 0. The van der Waals surface area contributed by atoms with Crippen LogP contribution in [-0.2, 0) is 9.84 Å². The van der Waals surface area contributed by atoms with E-state index in [1.807, 2.05) is 18.2 Å². The molecule has 3 heterocycles. The number of benzene rings is 2.